The van der Waals surface area contributed by atoms with Gasteiger partial charge in [0.25, 0.3) is 5.91 Å². The van der Waals surface area contributed by atoms with Crippen molar-refractivity contribution in [2.75, 3.05) is 19.6 Å². The fourth-order valence-corrected chi connectivity index (χ4v) is 4.04. The average Bonchev–Trinajstić information content (AvgIpc) is 3.50. The zero-order valence-corrected chi connectivity index (χ0v) is 15.7. The highest BCUT2D eigenvalue weighted by molar-refractivity contribution is 5.93. The lowest BCUT2D eigenvalue weighted by Crippen LogP contribution is -2.51. The summed E-state index contributed by atoms with van der Waals surface area (Å²) in [5.74, 6) is 0.562. The smallest absolute Gasteiger partial charge is 0.276 e. The first-order valence-electron chi connectivity index (χ1n) is 9.92. The second-order valence-electron chi connectivity index (χ2n) is 7.59. The van der Waals surface area contributed by atoms with Crippen molar-refractivity contribution in [2.45, 2.75) is 24.9 Å². The molecule has 3 aromatic rings. The monoisotopic (exact) mass is 373 g/mol. The Balaban J connectivity index is 1.41. The molecule has 1 aliphatic heterocycles. The molecular formula is C23H23N3O2. The van der Waals surface area contributed by atoms with E-state index in [0.717, 1.165) is 18.7 Å². The van der Waals surface area contributed by atoms with E-state index < -0.39 is 0 Å². The van der Waals surface area contributed by atoms with Crippen molar-refractivity contribution >= 4 is 5.91 Å². The van der Waals surface area contributed by atoms with E-state index in [1.807, 2.05) is 53.4 Å². The molecule has 2 fully saturated rings. The lowest BCUT2D eigenvalue weighted by Gasteiger charge is -2.41. The second kappa shape index (κ2) is 7.24. The first-order chi connectivity index (χ1) is 13.8. The number of hydrogen-bond acceptors (Lipinski definition) is 4. The summed E-state index contributed by atoms with van der Waals surface area (Å²) in [6.45, 7) is 2.51. The lowest BCUT2D eigenvalue weighted by atomic mass is 10.0. The van der Waals surface area contributed by atoms with E-state index in [1.165, 1.54) is 18.4 Å². The molecule has 0 bridgehead atoms. The lowest BCUT2D eigenvalue weighted by molar-refractivity contribution is 0.0424. The van der Waals surface area contributed by atoms with Gasteiger partial charge in [0, 0.05) is 37.3 Å². The van der Waals surface area contributed by atoms with Crippen molar-refractivity contribution in [3.63, 3.8) is 0 Å². The van der Waals surface area contributed by atoms with Crippen LogP contribution in [-0.4, -0.2) is 46.5 Å². The minimum Gasteiger partial charge on any atom is -0.355 e. The van der Waals surface area contributed by atoms with Gasteiger partial charge in [-0.25, -0.2) is 0 Å². The fourth-order valence-electron chi connectivity index (χ4n) is 4.04. The van der Waals surface area contributed by atoms with Crippen molar-refractivity contribution in [3.05, 3.63) is 78.0 Å². The molecule has 0 radical (unpaired) electrons. The van der Waals surface area contributed by atoms with Gasteiger partial charge in [0.1, 0.15) is 0 Å². The molecular weight excluding hydrogens is 350 g/mol. The molecule has 142 valence electrons. The highest BCUT2D eigenvalue weighted by Crippen LogP contribution is 2.34. The predicted molar refractivity (Wildman–Crippen MR) is 107 cm³/mol. The summed E-state index contributed by atoms with van der Waals surface area (Å²) in [6.07, 6.45) is 2.55. The maximum Gasteiger partial charge on any atom is 0.276 e. The Morgan fingerprint density at radius 2 is 1.68 bits per heavy atom. The maximum absolute atomic E-state index is 13.3. The van der Waals surface area contributed by atoms with Gasteiger partial charge in [-0.05, 0) is 18.4 Å². The number of aromatic nitrogens is 1. The van der Waals surface area contributed by atoms with Gasteiger partial charge in [-0.15, -0.1) is 0 Å². The zero-order valence-electron chi connectivity index (χ0n) is 15.7. The largest absolute Gasteiger partial charge is 0.355 e. The summed E-state index contributed by atoms with van der Waals surface area (Å²) < 4.78 is 5.47. The SMILES string of the molecule is O=C(c1cc(-c2ccccc2)on1)N1CCN(C2CC2)CC1c1ccccc1. The van der Waals surface area contributed by atoms with Crippen LogP contribution in [0.1, 0.15) is 34.9 Å². The van der Waals surface area contributed by atoms with Crippen molar-refractivity contribution < 1.29 is 9.32 Å². The minimum absolute atomic E-state index is 0.0416. The number of carbonyl (C=O) groups excluding carboxylic acids is 1. The van der Waals surface area contributed by atoms with Gasteiger partial charge in [0.15, 0.2) is 11.5 Å². The Bertz CT molecular complexity index is 950. The van der Waals surface area contributed by atoms with Gasteiger partial charge in [0.2, 0.25) is 0 Å². The molecule has 0 N–H and O–H groups in total. The van der Waals surface area contributed by atoms with Crippen LogP contribution in [-0.2, 0) is 0 Å². The standard InChI is InChI=1S/C23H23N3O2/c27-23(20-15-22(28-24-20)18-9-5-2-6-10-18)26-14-13-25(19-11-12-19)16-21(26)17-7-3-1-4-8-17/h1-10,15,19,21H,11-14,16H2. The van der Waals surface area contributed by atoms with E-state index in [-0.39, 0.29) is 11.9 Å². The second-order valence-corrected chi connectivity index (χ2v) is 7.59. The molecule has 2 aromatic carbocycles. The van der Waals surface area contributed by atoms with Gasteiger partial charge >= 0.3 is 0 Å². The van der Waals surface area contributed by atoms with Crippen LogP contribution in [0.5, 0.6) is 0 Å². The van der Waals surface area contributed by atoms with Crippen LogP contribution in [0.3, 0.4) is 0 Å². The molecule has 5 nitrogen and oxygen atoms in total. The minimum atomic E-state index is -0.0600. The number of rotatable bonds is 4. The molecule has 5 rings (SSSR count). The highest BCUT2D eigenvalue weighted by Gasteiger charge is 2.38. The average molecular weight is 373 g/mol. The van der Waals surface area contributed by atoms with E-state index in [0.29, 0.717) is 24.0 Å². The van der Waals surface area contributed by atoms with Crippen LogP contribution in [0.25, 0.3) is 11.3 Å². The molecule has 28 heavy (non-hydrogen) atoms. The molecule has 1 aliphatic carbocycles. The van der Waals surface area contributed by atoms with Gasteiger partial charge in [0.05, 0.1) is 6.04 Å². The quantitative estimate of drug-likeness (QED) is 0.694. The van der Waals surface area contributed by atoms with Crippen LogP contribution < -0.4 is 0 Å². The molecule has 1 amide bonds. The summed E-state index contributed by atoms with van der Waals surface area (Å²) in [7, 11) is 0. The van der Waals surface area contributed by atoms with E-state index in [4.69, 9.17) is 4.52 Å². The summed E-state index contributed by atoms with van der Waals surface area (Å²) in [6, 6.07) is 22.6. The Hall–Kier alpha value is -2.92. The normalized spacial score (nSPS) is 20.3. The molecule has 1 aromatic heterocycles. The molecule has 2 heterocycles. The summed E-state index contributed by atoms with van der Waals surface area (Å²) in [4.78, 5) is 17.8. The van der Waals surface area contributed by atoms with Crippen LogP contribution >= 0.6 is 0 Å². The summed E-state index contributed by atoms with van der Waals surface area (Å²) >= 11 is 0. The number of nitrogens with zero attached hydrogens (tertiary/aromatic N) is 3. The first kappa shape index (κ1) is 17.2. The molecule has 2 aliphatic rings. The van der Waals surface area contributed by atoms with E-state index in [1.54, 1.807) is 6.07 Å². The topological polar surface area (TPSA) is 49.6 Å². The van der Waals surface area contributed by atoms with Gasteiger partial charge < -0.3 is 9.42 Å². The highest BCUT2D eigenvalue weighted by atomic mass is 16.5. The van der Waals surface area contributed by atoms with Gasteiger partial charge in [-0.3, -0.25) is 9.69 Å². The van der Waals surface area contributed by atoms with E-state index in [2.05, 4.69) is 22.2 Å². The molecule has 0 spiro atoms. The van der Waals surface area contributed by atoms with E-state index >= 15 is 0 Å². The number of piperazine rings is 1. The third-order valence-electron chi connectivity index (χ3n) is 5.71. The third-order valence-corrected chi connectivity index (χ3v) is 5.71. The van der Waals surface area contributed by atoms with Crippen LogP contribution in [0.4, 0.5) is 0 Å². The maximum atomic E-state index is 13.3. The van der Waals surface area contributed by atoms with Crippen molar-refractivity contribution in [1.82, 2.24) is 15.0 Å². The molecule has 1 saturated carbocycles. The van der Waals surface area contributed by atoms with Gasteiger partial charge in [-0.1, -0.05) is 65.8 Å². The first-order valence-corrected chi connectivity index (χ1v) is 9.92. The van der Waals surface area contributed by atoms with Crippen LogP contribution in [0, 0.1) is 0 Å². The Kier molecular flexibility index (Phi) is 4.45. The Morgan fingerprint density at radius 1 is 0.964 bits per heavy atom. The van der Waals surface area contributed by atoms with Gasteiger partial charge in [-0.2, -0.15) is 0 Å². The molecule has 1 saturated heterocycles. The number of amides is 1. The molecule has 1 unspecified atom stereocenters. The summed E-state index contributed by atoms with van der Waals surface area (Å²) in [5.41, 5.74) is 2.47. The number of benzene rings is 2. The van der Waals surface area contributed by atoms with Crippen molar-refractivity contribution in [3.8, 4) is 11.3 Å². The zero-order chi connectivity index (χ0) is 18.9. The van der Waals surface area contributed by atoms with E-state index in [9.17, 15) is 4.79 Å². The Labute approximate surface area is 164 Å². The van der Waals surface area contributed by atoms with Crippen molar-refractivity contribution in [2.24, 2.45) is 0 Å². The third kappa shape index (κ3) is 3.34. The van der Waals surface area contributed by atoms with Crippen LogP contribution in [0.2, 0.25) is 0 Å². The fraction of sp³-hybridized carbons (Fsp3) is 0.304. The number of hydrogen-bond donors (Lipinski definition) is 0. The molecule has 1 atom stereocenters. The summed E-state index contributed by atoms with van der Waals surface area (Å²) in [5, 5.41) is 4.08. The Morgan fingerprint density at radius 3 is 2.39 bits per heavy atom. The van der Waals surface area contributed by atoms with Crippen LogP contribution in [0.15, 0.2) is 71.3 Å². The number of carbonyl (C=O) groups is 1. The van der Waals surface area contributed by atoms with Crippen molar-refractivity contribution in [1.29, 1.82) is 0 Å². The predicted octanol–water partition coefficient (Wildman–Crippen LogP) is 4.00. The molecule has 5 heteroatoms.